The van der Waals surface area contributed by atoms with Crippen LogP contribution in [0.1, 0.15) is 167 Å². The number of unbranched alkanes of at least 4 members (excludes halogenated alkanes) is 22. The highest BCUT2D eigenvalue weighted by molar-refractivity contribution is 5.79. The third-order valence-electron chi connectivity index (χ3n) is 7.33. The predicted octanol–water partition coefficient (Wildman–Crippen LogP) is 9.72. The molecule has 0 fully saturated rings. The minimum absolute atomic E-state index is 0.127. The number of ether oxygens (including phenoxy) is 2. The molecule has 0 N–H and O–H groups in total. The lowest BCUT2D eigenvalue weighted by molar-refractivity contribution is -0.152. The van der Waals surface area contributed by atoms with Crippen LogP contribution in [0.25, 0.3) is 0 Å². The average Bonchev–Trinajstić information content (AvgIpc) is 2.87. The zero-order valence-electron chi connectivity index (χ0n) is 23.9. The molecule has 1 atom stereocenters. The van der Waals surface area contributed by atoms with Crippen LogP contribution < -0.4 is 0 Å². The number of carbonyl (C=O) groups is 2. The van der Waals surface area contributed by atoms with Gasteiger partial charge in [-0.1, -0.05) is 155 Å². The van der Waals surface area contributed by atoms with Gasteiger partial charge < -0.3 is 9.47 Å². The lowest BCUT2D eigenvalue weighted by atomic mass is 9.97. The van der Waals surface area contributed by atoms with Crippen molar-refractivity contribution in [3.8, 4) is 0 Å². The highest BCUT2D eigenvalue weighted by Crippen LogP contribution is 2.18. The monoisotopic (exact) mass is 496 g/mol. The second-order valence-electron chi connectivity index (χ2n) is 10.6. The van der Waals surface area contributed by atoms with Gasteiger partial charge in [-0.3, -0.25) is 9.59 Å². The van der Waals surface area contributed by atoms with E-state index in [2.05, 4.69) is 11.7 Å². The third kappa shape index (κ3) is 24.4. The molecule has 4 nitrogen and oxygen atoms in total. The molecule has 0 heterocycles. The van der Waals surface area contributed by atoms with Crippen LogP contribution in [0.3, 0.4) is 0 Å². The number of methoxy groups -OCH3 is 2. The fourth-order valence-electron chi connectivity index (χ4n) is 4.93. The van der Waals surface area contributed by atoms with Crippen LogP contribution >= 0.6 is 0 Å². The van der Waals surface area contributed by atoms with Crippen LogP contribution in [0, 0.1) is 5.92 Å². The van der Waals surface area contributed by atoms with Crippen molar-refractivity contribution in [2.24, 2.45) is 5.92 Å². The summed E-state index contributed by atoms with van der Waals surface area (Å²) in [5, 5.41) is 0. The van der Waals surface area contributed by atoms with E-state index in [4.69, 9.17) is 4.74 Å². The minimum Gasteiger partial charge on any atom is -0.469 e. The Hall–Kier alpha value is -1.06. The molecule has 0 bridgehead atoms. The first-order chi connectivity index (χ1) is 17.2. The quantitative estimate of drug-likeness (QED) is 0.0838. The van der Waals surface area contributed by atoms with Crippen molar-refractivity contribution in [2.45, 2.75) is 167 Å². The lowest BCUT2D eigenvalue weighted by Crippen LogP contribution is -2.20. The summed E-state index contributed by atoms with van der Waals surface area (Å²) < 4.78 is 9.50. The summed E-state index contributed by atoms with van der Waals surface area (Å²) in [6.45, 7) is 2.29. The zero-order valence-corrected chi connectivity index (χ0v) is 23.9. The Morgan fingerprint density at radius 3 is 1.09 bits per heavy atom. The number of hydrogen-bond donors (Lipinski definition) is 0. The van der Waals surface area contributed by atoms with Gasteiger partial charge in [0.25, 0.3) is 0 Å². The van der Waals surface area contributed by atoms with Gasteiger partial charge in [-0.25, -0.2) is 0 Å². The van der Waals surface area contributed by atoms with E-state index in [9.17, 15) is 9.59 Å². The Balaban J connectivity index is 3.29. The number of hydrogen-bond acceptors (Lipinski definition) is 4. The molecule has 0 aliphatic rings. The molecule has 0 aromatic carbocycles. The summed E-state index contributed by atoms with van der Waals surface area (Å²) in [6.07, 6.45) is 32.4. The largest absolute Gasteiger partial charge is 0.469 e. The molecule has 0 amide bonds. The van der Waals surface area contributed by atoms with Crippen LogP contribution in [-0.2, 0) is 19.1 Å². The molecule has 0 rings (SSSR count). The van der Waals surface area contributed by atoms with Gasteiger partial charge in [-0.2, -0.15) is 0 Å². The Morgan fingerprint density at radius 1 is 0.486 bits per heavy atom. The Labute approximate surface area is 218 Å². The molecule has 0 spiro atoms. The highest BCUT2D eigenvalue weighted by atomic mass is 16.5. The molecule has 0 saturated carbocycles. The maximum absolute atomic E-state index is 11.8. The van der Waals surface area contributed by atoms with E-state index in [1.54, 1.807) is 0 Å². The lowest BCUT2D eigenvalue weighted by Gasteiger charge is -2.13. The fraction of sp³-hybridized carbons (Fsp3) is 0.935. The van der Waals surface area contributed by atoms with Crippen molar-refractivity contribution in [3.63, 3.8) is 0 Å². The van der Waals surface area contributed by atoms with E-state index in [1.807, 2.05) is 0 Å². The van der Waals surface area contributed by atoms with Crippen LogP contribution in [-0.4, -0.2) is 26.2 Å². The zero-order chi connectivity index (χ0) is 25.8. The van der Waals surface area contributed by atoms with Gasteiger partial charge >= 0.3 is 11.9 Å². The molecule has 0 radical (unpaired) electrons. The Morgan fingerprint density at radius 2 is 0.800 bits per heavy atom. The SMILES string of the molecule is CCCCCCCCCCCCCCCCCCCCCCCCCC(CC(=O)OC)C(=O)OC. The summed E-state index contributed by atoms with van der Waals surface area (Å²) in [5.41, 5.74) is 0. The van der Waals surface area contributed by atoms with Crippen molar-refractivity contribution in [1.29, 1.82) is 0 Å². The predicted molar refractivity (Wildman–Crippen MR) is 149 cm³/mol. The molecule has 35 heavy (non-hydrogen) atoms. The first kappa shape index (κ1) is 33.9. The molecule has 208 valence electrons. The standard InChI is InChI=1S/C31H60O4/c1-4-5-6-7-8-9-10-11-12-13-14-15-16-17-18-19-20-21-22-23-24-25-26-27-29(31(33)35-3)28-30(32)34-2/h29H,4-28H2,1-3H3. The maximum Gasteiger partial charge on any atom is 0.309 e. The van der Waals surface area contributed by atoms with E-state index in [0.29, 0.717) is 6.42 Å². The molecular weight excluding hydrogens is 436 g/mol. The maximum atomic E-state index is 11.8. The number of esters is 2. The topological polar surface area (TPSA) is 52.6 Å². The van der Waals surface area contributed by atoms with Gasteiger partial charge in [0.1, 0.15) is 0 Å². The third-order valence-corrected chi connectivity index (χ3v) is 7.33. The summed E-state index contributed by atoms with van der Waals surface area (Å²) >= 11 is 0. The second-order valence-corrected chi connectivity index (χ2v) is 10.6. The van der Waals surface area contributed by atoms with Gasteiger partial charge in [-0.05, 0) is 6.42 Å². The van der Waals surface area contributed by atoms with E-state index >= 15 is 0 Å². The van der Waals surface area contributed by atoms with Crippen molar-refractivity contribution in [3.05, 3.63) is 0 Å². The van der Waals surface area contributed by atoms with Gasteiger partial charge in [0.15, 0.2) is 0 Å². The van der Waals surface area contributed by atoms with Gasteiger partial charge in [0, 0.05) is 0 Å². The molecule has 1 unspecified atom stereocenters. The summed E-state index contributed by atoms with van der Waals surface area (Å²) in [7, 11) is 2.74. The Kier molecular flexibility index (Phi) is 26.7. The van der Waals surface area contributed by atoms with Crippen LogP contribution in [0.15, 0.2) is 0 Å². The average molecular weight is 497 g/mol. The minimum atomic E-state index is -0.359. The highest BCUT2D eigenvalue weighted by Gasteiger charge is 2.22. The summed E-state index contributed by atoms with van der Waals surface area (Å²) in [6, 6.07) is 0. The van der Waals surface area contributed by atoms with Crippen molar-refractivity contribution >= 4 is 11.9 Å². The van der Waals surface area contributed by atoms with Crippen LogP contribution in [0.2, 0.25) is 0 Å². The smallest absolute Gasteiger partial charge is 0.309 e. The first-order valence-corrected chi connectivity index (χ1v) is 15.3. The van der Waals surface area contributed by atoms with Crippen LogP contribution in [0.4, 0.5) is 0 Å². The van der Waals surface area contributed by atoms with E-state index in [1.165, 1.54) is 149 Å². The molecular formula is C31H60O4. The van der Waals surface area contributed by atoms with Crippen molar-refractivity contribution in [1.82, 2.24) is 0 Å². The number of carbonyl (C=O) groups excluding carboxylic acids is 2. The molecule has 0 aromatic rings. The van der Waals surface area contributed by atoms with Crippen LogP contribution in [0.5, 0.6) is 0 Å². The van der Waals surface area contributed by atoms with E-state index in [0.717, 1.165) is 12.8 Å². The van der Waals surface area contributed by atoms with Gasteiger partial charge in [0.05, 0.1) is 26.6 Å². The van der Waals surface area contributed by atoms with Gasteiger partial charge in [-0.15, -0.1) is 0 Å². The fourth-order valence-corrected chi connectivity index (χ4v) is 4.93. The number of rotatable bonds is 27. The van der Waals surface area contributed by atoms with E-state index < -0.39 is 0 Å². The van der Waals surface area contributed by atoms with E-state index in [-0.39, 0.29) is 24.3 Å². The van der Waals surface area contributed by atoms with Crippen molar-refractivity contribution < 1.29 is 19.1 Å². The second kappa shape index (κ2) is 27.5. The summed E-state index contributed by atoms with van der Waals surface area (Å²) in [4.78, 5) is 23.2. The molecule has 0 saturated heterocycles. The first-order valence-electron chi connectivity index (χ1n) is 15.3. The molecule has 0 aliphatic carbocycles. The van der Waals surface area contributed by atoms with Crippen molar-refractivity contribution in [2.75, 3.05) is 14.2 Å². The molecule has 0 aromatic heterocycles. The Bertz CT molecular complexity index is 463. The van der Waals surface area contributed by atoms with Gasteiger partial charge in [0.2, 0.25) is 0 Å². The molecule has 0 aliphatic heterocycles. The molecule has 4 heteroatoms. The normalized spacial score (nSPS) is 12.0. The summed E-state index contributed by atoms with van der Waals surface area (Å²) in [5.74, 6) is -0.994.